The molecule has 0 N–H and O–H groups in total. The molecule has 118 valence electrons. The lowest BCUT2D eigenvalue weighted by Gasteiger charge is -2.51. The van der Waals surface area contributed by atoms with Gasteiger partial charge in [0.2, 0.25) is 0 Å². The van der Waals surface area contributed by atoms with Gasteiger partial charge in [0.05, 0.1) is 0 Å². The molecule has 2 rings (SSSR count). The second-order valence-electron chi connectivity index (χ2n) is 7.12. The molecule has 0 nitrogen and oxygen atoms in total. The zero-order valence-electron chi connectivity index (χ0n) is 11.8. The zero-order valence-corrected chi connectivity index (χ0v) is 11.8. The first-order chi connectivity index (χ1) is 8.82. The second-order valence-corrected chi connectivity index (χ2v) is 7.12. The predicted molar refractivity (Wildman–Crippen MR) is 62.9 cm³/mol. The van der Waals surface area contributed by atoms with Crippen molar-refractivity contribution >= 4 is 0 Å². The Morgan fingerprint density at radius 2 is 1.25 bits per heavy atom. The van der Waals surface area contributed by atoms with Crippen LogP contribution in [0.15, 0.2) is 0 Å². The van der Waals surface area contributed by atoms with Crippen LogP contribution in [0.5, 0.6) is 0 Å². The van der Waals surface area contributed by atoms with Crippen molar-refractivity contribution in [3.8, 4) is 0 Å². The topological polar surface area (TPSA) is 0 Å². The highest BCUT2D eigenvalue weighted by atomic mass is 19.4. The van der Waals surface area contributed by atoms with E-state index in [1.54, 1.807) is 0 Å². The summed E-state index contributed by atoms with van der Waals surface area (Å²) in [6, 6.07) is 0. The fourth-order valence-corrected chi connectivity index (χ4v) is 4.39. The highest BCUT2D eigenvalue weighted by Crippen LogP contribution is 2.67. The normalized spacial score (nSPS) is 31.9. The molecule has 6 heteroatoms. The average molecular weight is 302 g/mol. The minimum atomic E-state index is -5.30. The Bertz CT molecular complexity index is 364. The molecule has 0 radical (unpaired) electrons. The summed E-state index contributed by atoms with van der Waals surface area (Å²) in [5, 5.41) is 0. The van der Waals surface area contributed by atoms with E-state index >= 15 is 0 Å². The molecule has 20 heavy (non-hydrogen) atoms. The molecule has 0 saturated heterocycles. The van der Waals surface area contributed by atoms with Crippen molar-refractivity contribution in [1.29, 1.82) is 0 Å². The van der Waals surface area contributed by atoms with Crippen molar-refractivity contribution in [3.63, 3.8) is 0 Å². The van der Waals surface area contributed by atoms with Crippen LogP contribution in [0.3, 0.4) is 0 Å². The van der Waals surface area contributed by atoms with E-state index in [0.717, 1.165) is 33.1 Å². The van der Waals surface area contributed by atoms with Gasteiger partial charge in [-0.2, -0.15) is 26.3 Å². The highest BCUT2D eigenvalue weighted by Gasteiger charge is 2.75. The van der Waals surface area contributed by atoms with E-state index in [-0.39, 0.29) is 5.92 Å². The summed E-state index contributed by atoms with van der Waals surface area (Å²) in [4.78, 5) is 0. The van der Waals surface area contributed by atoms with Crippen LogP contribution in [0.2, 0.25) is 0 Å². The van der Waals surface area contributed by atoms with Gasteiger partial charge in [0, 0.05) is 0 Å². The lowest BCUT2D eigenvalue weighted by atomic mass is 9.56. The van der Waals surface area contributed by atoms with Crippen LogP contribution in [0.4, 0.5) is 26.3 Å². The lowest BCUT2D eigenvalue weighted by Crippen LogP contribution is -2.59. The van der Waals surface area contributed by atoms with Gasteiger partial charge in [-0.1, -0.05) is 20.3 Å². The van der Waals surface area contributed by atoms with Gasteiger partial charge in [-0.25, -0.2) is 0 Å². The van der Waals surface area contributed by atoms with Crippen molar-refractivity contribution in [3.05, 3.63) is 0 Å². The van der Waals surface area contributed by atoms with Gasteiger partial charge in [-0.05, 0) is 49.4 Å². The van der Waals surface area contributed by atoms with E-state index in [1.807, 2.05) is 0 Å². The van der Waals surface area contributed by atoms with Crippen LogP contribution in [0.1, 0.15) is 46.5 Å². The molecule has 2 aliphatic rings. The maximum absolute atomic E-state index is 13.3. The largest absolute Gasteiger partial charge is 0.403 e. The number of alkyl halides is 6. The van der Waals surface area contributed by atoms with Gasteiger partial charge < -0.3 is 0 Å². The summed E-state index contributed by atoms with van der Waals surface area (Å²) in [5.74, 6) is -0.177. The maximum Gasteiger partial charge on any atom is 0.403 e. The Kier molecular flexibility index (Phi) is 3.42. The molecule has 0 aromatic rings. The van der Waals surface area contributed by atoms with Gasteiger partial charge in [0.25, 0.3) is 0 Å². The fourth-order valence-electron chi connectivity index (χ4n) is 4.39. The fraction of sp³-hybridized carbons (Fsp3) is 1.00. The van der Waals surface area contributed by atoms with Crippen molar-refractivity contribution in [2.75, 3.05) is 0 Å². The molecule has 3 atom stereocenters. The van der Waals surface area contributed by atoms with Crippen molar-refractivity contribution < 1.29 is 26.3 Å². The molecule has 2 bridgehead atoms. The van der Waals surface area contributed by atoms with E-state index in [1.165, 1.54) is 0 Å². The Balaban J connectivity index is 2.43. The Labute approximate surface area is 114 Å². The molecular formula is C14H20F6. The predicted octanol–water partition coefficient (Wildman–Crippen LogP) is 5.58. The highest BCUT2D eigenvalue weighted by molar-refractivity contribution is 5.07. The van der Waals surface area contributed by atoms with Gasteiger partial charge in [0.1, 0.15) is 0 Å². The molecule has 0 heterocycles. The SMILES string of the molecule is CC(C)(C1CC2CCC1C2)C(C)(C(F)(F)F)C(F)(F)F. The first-order valence-electron chi connectivity index (χ1n) is 6.96. The van der Waals surface area contributed by atoms with Crippen LogP contribution in [-0.4, -0.2) is 12.4 Å². The van der Waals surface area contributed by atoms with E-state index in [4.69, 9.17) is 0 Å². The Morgan fingerprint density at radius 3 is 1.55 bits per heavy atom. The number of rotatable bonds is 2. The summed E-state index contributed by atoms with van der Waals surface area (Å²) in [6.45, 7) is 2.64. The molecule has 0 aromatic carbocycles. The summed E-state index contributed by atoms with van der Waals surface area (Å²) in [6.07, 6.45) is -7.58. The quantitative estimate of drug-likeness (QED) is 0.584. The van der Waals surface area contributed by atoms with Crippen LogP contribution in [0.25, 0.3) is 0 Å². The average Bonchev–Trinajstić information content (AvgIpc) is 2.86. The molecule has 0 spiro atoms. The first kappa shape index (κ1) is 16.0. The zero-order chi connectivity index (χ0) is 15.6. The number of hydrogen-bond acceptors (Lipinski definition) is 0. The third-order valence-corrected chi connectivity index (χ3v) is 6.09. The van der Waals surface area contributed by atoms with Crippen molar-refractivity contribution in [2.45, 2.75) is 58.8 Å². The number of fused-ring (bicyclic) bond motifs is 2. The van der Waals surface area contributed by atoms with Crippen LogP contribution in [0, 0.1) is 28.6 Å². The Hall–Kier alpha value is -0.420. The van der Waals surface area contributed by atoms with E-state index < -0.39 is 29.1 Å². The van der Waals surface area contributed by atoms with E-state index in [9.17, 15) is 26.3 Å². The first-order valence-corrected chi connectivity index (χ1v) is 6.96. The molecule has 2 aliphatic carbocycles. The minimum absolute atomic E-state index is 0.0130. The summed E-state index contributed by atoms with van der Waals surface area (Å²) in [7, 11) is 0. The van der Waals surface area contributed by atoms with E-state index in [0.29, 0.717) is 19.3 Å². The standard InChI is InChI=1S/C14H20F6/c1-11(2,10-7-8-4-5-9(10)6-8)12(3,13(15,16)17)14(18,19)20/h8-10H,4-7H2,1-3H3. The lowest BCUT2D eigenvalue weighted by molar-refractivity contribution is -0.375. The van der Waals surface area contributed by atoms with Gasteiger partial charge in [-0.3, -0.25) is 0 Å². The summed E-state index contributed by atoms with van der Waals surface area (Å²) in [5.41, 5.74) is -5.51. The van der Waals surface area contributed by atoms with Crippen LogP contribution < -0.4 is 0 Å². The molecule has 3 unspecified atom stereocenters. The van der Waals surface area contributed by atoms with Gasteiger partial charge in [0.15, 0.2) is 5.41 Å². The second kappa shape index (κ2) is 4.29. The Morgan fingerprint density at radius 1 is 0.750 bits per heavy atom. The van der Waals surface area contributed by atoms with Crippen LogP contribution >= 0.6 is 0 Å². The number of hydrogen-bond donors (Lipinski definition) is 0. The number of halogens is 6. The molecule has 0 aliphatic heterocycles. The van der Waals surface area contributed by atoms with E-state index in [2.05, 4.69) is 0 Å². The van der Waals surface area contributed by atoms with Crippen molar-refractivity contribution in [2.24, 2.45) is 28.6 Å². The summed E-state index contributed by atoms with van der Waals surface area (Å²) >= 11 is 0. The van der Waals surface area contributed by atoms with Gasteiger partial charge in [-0.15, -0.1) is 0 Å². The summed E-state index contributed by atoms with van der Waals surface area (Å²) < 4.78 is 79.6. The third kappa shape index (κ3) is 1.97. The molecule has 2 fully saturated rings. The third-order valence-electron chi connectivity index (χ3n) is 6.09. The molecule has 2 saturated carbocycles. The minimum Gasteiger partial charge on any atom is -0.170 e. The monoisotopic (exact) mass is 302 g/mol. The maximum atomic E-state index is 13.3. The molecule has 0 aromatic heterocycles. The molecular weight excluding hydrogens is 282 g/mol. The molecule has 0 amide bonds. The van der Waals surface area contributed by atoms with Crippen LogP contribution in [-0.2, 0) is 0 Å². The smallest absolute Gasteiger partial charge is 0.170 e. The van der Waals surface area contributed by atoms with Gasteiger partial charge >= 0.3 is 12.4 Å². The van der Waals surface area contributed by atoms with Crippen molar-refractivity contribution in [1.82, 2.24) is 0 Å².